The van der Waals surface area contributed by atoms with Crippen molar-refractivity contribution in [2.45, 2.75) is 40.2 Å². The van der Waals surface area contributed by atoms with Crippen molar-refractivity contribution < 1.29 is 33.7 Å². The number of thiazole rings is 1. The van der Waals surface area contributed by atoms with E-state index in [1.54, 1.807) is 62.4 Å². The van der Waals surface area contributed by atoms with Crippen molar-refractivity contribution in [1.82, 2.24) is 4.98 Å². The highest BCUT2D eigenvalue weighted by atomic mass is 32.1. The number of aliphatic hydroxyl groups excluding tert-OH is 1. The summed E-state index contributed by atoms with van der Waals surface area (Å²) in [5, 5.41) is 11.5. The van der Waals surface area contributed by atoms with Crippen LogP contribution in [-0.4, -0.2) is 47.6 Å². The molecule has 1 atom stereocenters. The number of anilines is 1. The summed E-state index contributed by atoms with van der Waals surface area (Å²) in [5.74, 6) is -1.35. The number of benzene rings is 2. The molecule has 1 aliphatic heterocycles. The number of esters is 1. The normalized spacial score (nSPS) is 16.4. The third-order valence-electron chi connectivity index (χ3n) is 6.00. The van der Waals surface area contributed by atoms with Crippen LogP contribution in [-0.2, 0) is 14.3 Å². The minimum atomic E-state index is -0.989. The molecule has 1 aromatic heterocycles. The largest absolute Gasteiger partial charge is 0.507 e. The van der Waals surface area contributed by atoms with Gasteiger partial charge >= 0.3 is 11.9 Å². The highest BCUT2D eigenvalue weighted by Gasteiger charge is 2.48. The van der Waals surface area contributed by atoms with Crippen LogP contribution in [0.2, 0.25) is 0 Å². The molecule has 0 aliphatic carbocycles. The Kier molecular flexibility index (Phi) is 8.65. The average molecular weight is 551 g/mol. The van der Waals surface area contributed by atoms with Crippen LogP contribution in [0, 0.1) is 6.92 Å². The van der Waals surface area contributed by atoms with Crippen LogP contribution in [0.15, 0.2) is 54.1 Å². The molecule has 1 unspecified atom stereocenters. The number of ketones is 1. The van der Waals surface area contributed by atoms with Gasteiger partial charge in [0.25, 0.3) is 5.78 Å². The Hall–Kier alpha value is -4.18. The second-order valence-corrected chi connectivity index (χ2v) is 9.65. The Labute approximate surface area is 230 Å². The van der Waals surface area contributed by atoms with E-state index in [1.807, 2.05) is 13.8 Å². The fourth-order valence-corrected chi connectivity index (χ4v) is 5.20. The van der Waals surface area contributed by atoms with E-state index in [0.29, 0.717) is 41.5 Å². The molecule has 1 saturated heterocycles. The number of carbonyl (C=O) groups is 3. The molecule has 0 bridgehead atoms. The van der Waals surface area contributed by atoms with Gasteiger partial charge < -0.3 is 19.3 Å². The molecule has 1 amide bonds. The van der Waals surface area contributed by atoms with Crippen LogP contribution in [0.1, 0.15) is 59.7 Å². The first-order valence-corrected chi connectivity index (χ1v) is 13.5. The number of hydrogen-bond donors (Lipinski definition) is 1. The minimum Gasteiger partial charge on any atom is -0.507 e. The SMILES string of the molecule is CCCOc1ccc(C2/C(=C(/O)c3ccc(OCC)cc3)C(=O)C(=O)N2c2nc(C)c(C(=O)OCC)s2)cc1. The fourth-order valence-electron chi connectivity index (χ4n) is 4.21. The van der Waals surface area contributed by atoms with Gasteiger partial charge in [-0.2, -0.15) is 0 Å². The second kappa shape index (κ2) is 12.1. The van der Waals surface area contributed by atoms with Crippen molar-refractivity contribution in [1.29, 1.82) is 0 Å². The zero-order chi connectivity index (χ0) is 28.1. The molecule has 1 aliphatic rings. The number of Topliss-reactive ketones (excluding diaryl/α,β-unsaturated/α-hetero) is 1. The van der Waals surface area contributed by atoms with Crippen molar-refractivity contribution in [3.63, 3.8) is 0 Å². The summed E-state index contributed by atoms with van der Waals surface area (Å²) in [6.45, 7) is 8.41. The summed E-state index contributed by atoms with van der Waals surface area (Å²) in [5.41, 5.74) is 1.21. The van der Waals surface area contributed by atoms with E-state index in [4.69, 9.17) is 14.2 Å². The molecule has 10 heteroatoms. The van der Waals surface area contributed by atoms with E-state index in [2.05, 4.69) is 4.98 Å². The van der Waals surface area contributed by atoms with Gasteiger partial charge in [0.1, 0.15) is 22.1 Å². The van der Waals surface area contributed by atoms with Crippen LogP contribution < -0.4 is 14.4 Å². The highest BCUT2D eigenvalue weighted by Crippen LogP contribution is 2.44. The summed E-state index contributed by atoms with van der Waals surface area (Å²) < 4.78 is 16.3. The summed E-state index contributed by atoms with van der Waals surface area (Å²) in [6, 6.07) is 12.6. The number of amides is 1. The number of aliphatic hydroxyl groups is 1. The van der Waals surface area contributed by atoms with E-state index in [0.717, 1.165) is 17.8 Å². The van der Waals surface area contributed by atoms with Gasteiger partial charge in [-0.1, -0.05) is 30.4 Å². The molecule has 9 nitrogen and oxygen atoms in total. The lowest BCUT2D eigenvalue weighted by atomic mass is 9.95. The Balaban J connectivity index is 1.84. The van der Waals surface area contributed by atoms with Gasteiger partial charge in [-0.15, -0.1) is 0 Å². The third kappa shape index (κ3) is 5.65. The number of ether oxygens (including phenoxy) is 3. The van der Waals surface area contributed by atoms with Crippen LogP contribution in [0.3, 0.4) is 0 Å². The molecule has 39 heavy (non-hydrogen) atoms. The minimum absolute atomic E-state index is 0.0862. The van der Waals surface area contributed by atoms with Gasteiger partial charge in [0.05, 0.1) is 37.1 Å². The predicted octanol–water partition coefficient (Wildman–Crippen LogP) is 5.44. The molecule has 0 spiro atoms. The maximum Gasteiger partial charge on any atom is 0.350 e. The van der Waals surface area contributed by atoms with Gasteiger partial charge in [0.2, 0.25) is 0 Å². The fraction of sp³-hybridized carbons (Fsp3) is 0.310. The average Bonchev–Trinajstić information content (AvgIpc) is 3.44. The first-order chi connectivity index (χ1) is 18.8. The molecule has 1 fully saturated rings. The van der Waals surface area contributed by atoms with Crippen molar-refractivity contribution in [3.05, 3.63) is 75.8 Å². The standard InChI is InChI=1S/C29H30N2O7S/c1-5-16-38-21-12-8-18(9-13-21)23-22(24(32)19-10-14-20(15-11-19)36-6-2)25(33)27(34)31(23)29-30-17(4)26(39-29)28(35)37-7-3/h8-15,23,32H,5-7,16H2,1-4H3/b24-22-. The van der Waals surface area contributed by atoms with Crippen molar-refractivity contribution in [3.8, 4) is 11.5 Å². The van der Waals surface area contributed by atoms with Crippen LogP contribution >= 0.6 is 11.3 Å². The predicted molar refractivity (Wildman–Crippen MR) is 147 cm³/mol. The van der Waals surface area contributed by atoms with Gasteiger partial charge in [0, 0.05) is 5.56 Å². The molecule has 0 saturated carbocycles. The van der Waals surface area contributed by atoms with Crippen LogP contribution in [0.25, 0.3) is 5.76 Å². The third-order valence-corrected chi connectivity index (χ3v) is 7.14. The van der Waals surface area contributed by atoms with E-state index < -0.39 is 23.7 Å². The number of hydrogen-bond acceptors (Lipinski definition) is 9. The Morgan fingerprint density at radius 2 is 1.62 bits per heavy atom. The van der Waals surface area contributed by atoms with Gasteiger partial charge in [-0.05, 0) is 69.2 Å². The smallest absolute Gasteiger partial charge is 0.350 e. The number of aromatic nitrogens is 1. The lowest BCUT2D eigenvalue weighted by molar-refractivity contribution is -0.132. The van der Waals surface area contributed by atoms with E-state index in [1.165, 1.54) is 4.90 Å². The van der Waals surface area contributed by atoms with E-state index in [9.17, 15) is 19.5 Å². The number of aryl methyl sites for hydroxylation is 1. The molecule has 1 N–H and O–H groups in total. The molecule has 2 aromatic carbocycles. The number of rotatable bonds is 10. The van der Waals surface area contributed by atoms with Gasteiger partial charge in [0.15, 0.2) is 5.13 Å². The number of nitrogens with zero attached hydrogens (tertiary/aromatic N) is 2. The Bertz CT molecular complexity index is 1390. The quantitative estimate of drug-likeness (QED) is 0.154. The van der Waals surface area contributed by atoms with Crippen molar-refractivity contribution >= 4 is 39.9 Å². The summed E-state index contributed by atoms with van der Waals surface area (Å²) in [4.78, 5) is 45.2. The second-order valence-electron chi connectivity index (χ2n) is 8.68. The lowest BCUT2D eigenvalue weighted by Gasteiger charge is -2.23. The molecule has 2 heterocycles. The monoisotopic (exact) mass is 550 g/mol. The van der Waals surface area contributed by atoms with Gasteiger partial charge in [-0.25, -0.2) is 9.78 Å². The van der Waals surface area contributed by atoms with Crippen LogP contribution in [0.4, 0.5) is 5.13 Å². The van der Waals surface area contributed by atoms with Crippen molar-refractivity contribution in [2.75, 3.05) is 24.7 Å². The zero-order valence-corrected chi connectivity index (χ0v) is 23.0. The first-order valence-electron chi connectivity index (χ1n) is 12.7. The summed E-state index contributed by atoms with van der Waals surface area (Å²) >= 11 is 0.962. The topological polar surface area (TPSA) is 115 Å². The highest BCUT2D eigenvalue weighted by molar-refractivity contribution is 7.17. The number of carbonyl (C=O) groups excluding carboxylic acids is 3. The van der Waals surface area contributed by atoms with Gasteiger partial charge in [-0.3, -0.25) is 14.5 Å². The lowest BCUT2D eigenvalue weighted by Crippen LogP contribution is -2.29. The van der Waals surface area contributed by atoms with E-state index in [-0.39, 0.29) is 27.9 Å². The van der Waals surface area contributed by atoms with Crippen LogP contribution in [0.5, 0.6) is 11.5 Å². The zero-order valence-electron chi connectivity index (χ0n) is 22.2. The Morgan fingerprint density at radius 3 is 2.23 bits per heavy atom. The molecule has 4 rings (SSSR count). The molecular weight excluding hydrogens is 520 g/mol. The molecule has 3 aromatic rings. The summed E-state index contributed by atoms with van der Waals surface area (Å²) in [7, 11) is 0. The first kappa shape index (κ1) is 27.8. The molecule has 0 radical (unpaired) electrons. The van der Waals surface area contributed by atoms with Crippen molar-refractivity contribution in [2.24, 2.45) is 0 Å². The molecular formula is C29H30N2O7S. The summed E-state index contributed by atoms with van der Waals surface area (Å²) in [6.07, 6.45) is 0.843. The maximum atomic E-state index is 13.4. The Morgan fingerprint density at radius 1 is 0.974 bits per heavy atom. The molecule has 204 valence electrons. The van der Waals surface area contributed by atoms with E-state index >= 15 is 0 Å². The maximum absolute atomic E-state index is 13.4.